The van der Waals surface area contributed by atoms with E-state index in [1.165, 1.54) is 4.90 Å². The van der Waals surface area contributed by atoms with Crippen molar-refractivity contribution in [3.8, 4) is 5.75 Å². The molecular weight excluding hydrogens is 478 g/mol. The number of hydrogen-bond acceptors (Lipinski definition) is 5. The first kappa shape index (κ1) is 25.4. The summed E-state index contributed by atoms with van der Waals surface area (Å²) in [6.07, 6.45) is 0.835. The zero-order chi connectivity index (χ0) is 25.5. The van der Waals surface area contributed by atoms with E-state index in [2.05, 4.69) is 5.32 Å². The van der Waals surface area contributed by atoms with Crippen LogP contribution in [-0.4, -0.2) is 56.5 Å². The van der Waals surface area contributed by atoms with E-state index in [0.717, 1.165) is 21.7 Å². The van der Waals surface area contributed by atoms with Crippen molar-refractivity contribution < 1.29 is 22.7 Å². The number of carbonyl (C=O) groups is 2. The van der Waals surface area contributed by atoms with E-state index in [1.54, 1.807) is 24.3 Å². The number of rotatable bonds is 9. The van der Waals surface area contributed by atoms with Crippen molar-refractivity contribution in [1.29, 1.82) is 0 Å². The first-order chi connectivity index (χ1) is 17.3. The third-order valence-electron chi connectivity index (χ3n) is 5.91. The fourth-order valence-electron chi connectivity index (χ4n) is 4.01. The molecule has 36 heavy (non-hydrogen) atoms. The van der Waals surface area contributed by atoms with E-state index >= 15 is 0 Å². The molecule has 0 bridgehead atoms. The summed E-state index contributed by atoms with van der Waals surface area (Å²) < 4.78 is 32.0. The molecule has 188 valence electrons. The van der Waals surface area contributed by atoms with Crippen LogP contribution in [-0.2, 0) is 32.6 Å². The number of carbonyl (C=O) groups excluding carboxylic acids is 2. The maximum atomic E-state index is 13.4. The van der Waals surface area contributed by atoms with E-state index < -0.39 is 22.0 Å². The van der Waals surface area contributed by atoms with Gasteiger partial charge in [-0.3, -0.25) is 9.59 Å². The van der Waals surface area contributed by atoms with Gasteiger partial charge in [-0.25, -0.2) is 8.42 Å². The molecule has 1 aliphatic rings. The zero-order valence-electron chi connectivity index (χ0n) is 20.0. The van der Waals surface area contributed by atoms with Crippen molar-refractivity contribution in [2.75, 3.05) is 30.8 Å². The van der Waals surface area contributed by atoms with Gasteiger partial charge in [0, 0.05) is 13.1 Å². The number of anilines is 1. The minimum absolute atomic E-state index is 0.0179. The summed E-state index contributed by atoms with van der Waals surface area (Å²) in [7, 11) is -3.67. The van der Waals surface area contributed by atoms with Crippen LogP contribution in [0.25, 0.3) is 0 Å². The molecule has 0 saturated heterocycles. The van der Waals surface area contributed by atoms with Gasteiger partial charge in [0.2, 0.25) is 15.9 Å². The molecule has 1 unspecified atom stereocenters. The van der Waals surface area contributed by atoms with Crippen molar-refractivity contribution in [2.45, 2.75) is 19.1 Å². The average molecular weight is 508 g/mol. The molecule has 0 aromatic heterocycles. The van der Waals surface area contributed by atoms with Crippen LogP contribution >= 0.6 is 0 Å². The number of nitrogens with zero attached hydrogens (tertiary/aromatic N) is 2. The standard InChI is InChI=1S/C27H29N3O5S/c1-36(33,34)29(18-22-12-6-3-7-13-22)20-26(31)30-19-25(35-24-15-9-8-14-23(24)30)27(32)28-17-16-21-10-4-2-5-11-21/h2-15,25H,16-20H2,1H3,(H,28,32). The largest absolute Gasteiger partial charge is 0.477 e. The topological polar surface area (TPSA) is 96.0 Å². The van der Waals surface area contributed by atoms with Gasteiger partial charge in [-0.1, -0.05) is 72.8 Å². The predicted molar refractivity (Wildman–Crippen MR) is 138 cm³/mol. The SMILES string of the molecule is CS(=O)(=O)N(CC(=O)N1CC(C(=O)NCCc2ccccc2)Oc2ccccc21)Cc1ccccc1. The number of benzene rings is 3. The fourth-order valence-corrected chi connectivity index (χ4v) is 4.74. The number of ether oxygens (including phenoxy) is 1. The molecule has 3 aromatic rings. The number of hydrogen-bond donors (Lipinski definition) is 1. The molecule has 1 aliphatic heterocycles. The molecule has 0 radical (unpaired) electrons. The highest BCUT2D eigenvalue weighted by atomic mass is 32.2. The Morgan fingerprint density at radius 2 is 1.56 bits per heavy atom. The Morgan fingerprint density at radius 3 is 2.22 bits per heavy atom. The predicted octanol–water partition coefficient (Wildman–Crippen LogP) is 2.60. The highest BCUT2D eigenvalue weighted by Gasteiger charge is 2.35. The van der Waals surface area contributed by atoms with Crippen molar-refractivity contribution in [3.63, 3.8) is 0 Å². The lowest BCUT2D eigenvalue weighted by Crippen LogP contribution is -2.53. The van der Waals surface area contributed by atoms with Crippen LogP contribution in [0.2, 0.25) is 0 Å². The van der Waals surface area contributed by atoms with Gasteiger partial charge >= 0.3 is 0 Å². The van der Waals surface area contributed by atoms with Gasteiger partial charge in [-0.2, -0.15) is 4.31 Å². The van der Waals surface area contributed by atoms with E-state index in [9.17, 15) is 18.0 Å². The van der Waals surface area contributed by atoms with Crippen LogP contribution in [0, 0.1) is 0 Å². The summed E-state index contributed by atoms with van der Waals surface area (Å²) >= 11 is 0. The summed E-state index contributed by atoms with van der Waals surface area (Å²) in [5.74, 6) is -0.369. The van der Waals surface area contributed by atoms with Crippen molar-refractivity contribution >= 4 is 27.5 Å². The lowest BCUT2D eigenvalue weighted by atomic mass is 10.1. The van der Waals surface area contributed by atoms with Gasteiger partial charge in [0.25, 0.3) is 5.91 Å². The van der Waals surface area contributed by atoms with Crippen LogP contribution in [0.1, 0.15) is 11.1 Å². The molecule has 8 nitrogen and oxygen atoms in total. The summed E-state index contributed by atoms with van der Waals surface area (Å²) in [4.78, 5) is 27.8. The van der Waals surface area contributed by atoms with E-state index in [0.29, 0.717) is 24.4 Å². The van der Waals surface area contributed by atoms with Crippen molar-refractivity contribution in [2.24, 2.45) is 0 Å². The lowest BCUT2D eigenvalue weighted by molar-refractivity contribution is -0.128. The number of para-hydroxylation sites is 2. The zero-order valence-corrected chi connectivity index (χ0v) is 20.9. The first-order valence-electron chi connectivity index (χ1n) is 11.7. The highest BCUT2D eigenvalue weighted by Crippen LogP contribution is 2.33. The van der Waals surface area contributed by atoms with Gasteiger partial charge in [0.15, 0.2) is 6.10 Å². The maximum absolute atomic E-state index is 13.4. The Kier molecular flexibility index (Phi) is 8.02. The number of fused-ring (bicyclic) bond motifs is 1. The van der Waals surface area contributed by atoms with Crippen LogP contribution < -0.4 is 15.0 Å². The minimum Gasteiger partial charge on any atom is -0.477 e. The van der Waals surface area contributed by atoms with Crippen LogP contribution in [0.5, 0.6) is 5.75 Å². The molecule has 2 amide bonds. The molecule has 0 saturated carbocycles. The number of amides is 2. The summed E-state index contributed by atoms with van der Waals surface area (Å²) in [5.41, 5.74) is 2.38. The van der Waals surface area contributed by atoms with Gasteiger partial charge in [0.1, 0.15) is 5.75 Å². The third kappa shape index (κ3) is 6.50. The molecule has 3 aromatic carbocycles. The molecule has 1 heterocycles. The summed E-state index contributed by atoms with van der Waals surface area (Å²) in [6, 6.07) is 25.8. The maximum Gasteiger partial charge on any atom is 0.262 e. The van der Waals surface area contributed by atoms with Crippen LogP contribution in [0.15, 0.2) is 84.9 Å². The molecule has 1 N–H and O–H groups in total. The monoisotopic (exact) mass is 507 g/mol. The van der Waals surface area contributed by atoms with E-state index in [1.807, 2.05) is 60.7 Å². The smallest absolute Gasteiger partial charge is 0.262 e. The first-order valence-corrected chi connectivity index (χ1v) is 13.5. The molecule has 0 spiro atoms. The Morgan fingerprint density at radius 1 is 0.944 bits per heavy atom. The molecule has 9 heteroatoms. The Bertz CT molecular complexity index is 1300. The van der Waals surface area contributed by atoms with E-state index in [-0.39, 0.29) is 25.5 Å². The van der Waals surface area contributed by atoms with Gasteiger partial charge in [0.05, 0.1) is 25.0 Å². The Balaban J connectivity index is 1.47. The third-order valence-corrected chi connectivity index (χ3v) is 7.10. The lowest BCUT2D eigenvalue weighted by Gasteiger charge is -2.35. The van der Waals surface area contributed by atoms with Crippen molar-refractivity contribution in [3.05, 3.63) is 96.1 Å². The molecule has 0 fully saturated rings. The normalized spacial score (nSPS) is 15.2. The fraction of sp³-hybridized carbons (Fsp3) is 0.259. The quantitative estimate of drug-likeness (QED) is 0.480. The molecule has 0 aliphatic carbocycles. The summed E-state index contributed by atoms with van der Waals surface area (Å²) in [6.45, 7) is 0.123. The van der Waals surface area contributed by atoms with Gasteiger partial charge in [-0.05, 0) is 29.7 Å². The Hall–Kier alpha value is -3.69. The van der Waals surface area contributed by atoms with Crippen molar-refractivity contribution in [1.82, 2.24) is 9.62 Å². The van der Waals surface area contributed by atoms with Crippen LogP contribution in [0.3, 0.4) is 0 Å². The Labute approximate surface area is 211 Å². The second kappa shape index (κ2) is 11.4. The number of nitrogens with one attached hydrogen (secondary N) is 1. The minimum atomic E-state index is -3.67. The van der Waals surface area contributed by atoms with E-state index in [4.69, 9.17) is 4.74 Å². The van der Waals surface area contributed by atoms with Gasteiger partial charge in [-0.15, -0.1) is 0 Å². The van der Waals surface area contributed by atoms with Gasteiger partial charge < -0.3 is 15.0 Å². The molecule has 4 rings (SSSR count). The summed E-state index contributed by atoms with van der Waals surface area (Å²) in [5, 5.41) is 2.88. The molecular formula is C27H29N3O5S. The van der Waals surface area contributed by atoms with Crippen LogP contribution in [0.4, 0.5) is 5.69 Å². The second-order valence-corrected chi connectivity index (χ2v) is 10.6. The average Bonchev–Trinajstić information content (AvgIpc) is 2.88. The highest BCUT2D eigenvalue weighted by molar-refractivity contribution is 7.88. The second-order valence-electron chi connectivity index (χ2n) is 8.62. The molecule has 1 atom stereocenters. The number of sulfonamides is 1.